The zero-order chi connectivity index (χ0) is 13.5. The molecule has 0 radical (unpaired) electrons. The lowest BCUT2D eigenvalue weighted by atomic mass is 10.0. The van der Waals surface area contributed by atoms with Crippen molar-refractivity contribution >= 4 is 5.91 Å². The Morgan fingerprint density at radius 3 is 2.78 bits per heavy atom. The third-order valence-electron chi connectivity index (χ3n) is 3.13. The maximum absolute atomic E-state index is 11.8. The van der Waals surface area contributed by atoms with Crippen molar-refractivity contribution in [3.8, 4) is 0 Å². The number of aliphatic hydroxyl groups is 1. The Morgan fingerprint density at radius 2 is 2.11 bits per heavy atom. The van der Waals surface area contributed by atoms with Crippen molar-refractivity contribution in [2.24, 2.45) is 5.92 Å². The van der Waals surface area contributed by atoms with Crippen LogP contribution in [0.4, 0.5) is 0 Å². The number of hydrogen-bond acceptors (Lipinski definition) is 2. The van der Waals surface area contributed by atoms with E-state index in [0.29, 0.717) is 18.9 Å². The number of hydrogen-bond donors (Lipinski definition) is 2. The minimum absolute atomic E-state index is 0.0495. The van der Waals surface area contributed by atoms with Crippen molar-refractivity contribution < 1.29 is 9.90 Å². The number of amides is 1. The van der Waals surface area contributed by atoms with Crippen molar-refractivity contribution in [1.82, 2.24) is 5.32 Å². The van der Waals surface area contributed by atoms with Crippen LogP contribution < -0.4 is 5.32 Å². The highest BCUT2D eigenvalue weighted by molar-refractivity contribution is 5.78. The molecule has 0 saturated heterocycles. The molecule has 18 heavy (non-hydrogen) atoms. The van der Waals surface area contributed by atoms with Crippen LogP contribution in [0.15, 0.2) is 18.2 Å². The molecule has 2 N–H and O–H groups in total. The number of aryl methyl sites for hydroxylation is 2. The first-order valence-electron chi connectivity index (χ1n) is 6.46. The van der Waals surface area contributed by atoms with Crippen molar-refractivity contribution in [3.05, 3.63) is 34.9 Å². The van der Waals surface area contributed by atoms with Crippen LogP contribution >= 0.6 is 0 Å². The van der Waals surface area contributed by atoms with Gasteiger partial charge in [0.25, 0.3) is 0 Å². The van der Waals surface area contributed by atoms with Crippen molar-refractivity contribution in [3.63, 3.8) is 0 Å². The van der Waals surface area contributed by atoms with E-state index in [-0.39, 0.29) is 12.5 Å². The second-order valence-corrected chi connectivity index (χ2v) is 5.03. The molecular formula is C15H23NO2. The van der Waals surface area contributed by atoms with E-state index in [2.05, 4.69) is 17.4 Å². The lowest BCUT2D eigenvalue weighted by Crippen LogP contribution is -2.30. The molecule has 3 nitrogen and oxygen atoms in total. The topological polar surface area (TPSA) is 49.3 Å². The van der Waals surface area contributed by atoms with Crippen LogP contribution in [0.5, 0.6) is 0 Å². The molecule has 0 spiro atoms. The van der Waals surface area contributed by atoms with E-state index in [4.69, 9.17) is 5.11 Å². The quantitative estimate of drug-likeness (QED) is 0.810. The highest BCUT2D eigenvalue weighted by atomic mass is 16.3. The lowest BCUT2D eigenvalue weighted by molar-refractivity contribution is -0.120. The highest BCUT2D eigenvalue weighted by Gasteiger charge is 2.08. The van der Waals surface area contributed by atoms with Crippen LogP contribution in [-0.4, -0.2) is 24.2 Å². The van der Waals surface area contributed by atoms with Gasteiger partial charge in [-0.25, -0.2) is 0 Å². The van der Waals surface area contributed by atoms with Crippen molar-refractivity contribution in [2.45, 2.75) is 33.6 Å². The average molecular weight is 249 g/mol. The van der Waals surface area contributed by atoms with Gasteiger partial charge in [-0.1, -0.05) is 30.7 Å². The summed E-state index contributed by atoms with van der Waals surface area (Å²) in [5, 5.41) is 11.7. The third-order valence-corrected chi connectivity index (χ3v) is 3.13. The number of carbonyl (C=O) groups is 1. The average Bonchev–Trinajstić information content (AvgIpc) is 2.32. The van der Waals surface area contributed by atoms with Gasteiger partial charge in [0.1, 0.15) is 0 Å². The fraction of sp³-hybridized carbons (Fsp3) is 0.533. The van der Waals surface area contributed by atoms with Gasteiger partial charge in [-0.3, -0.25) is 4.79 Å². The van der Waals surface area contributed by atoms with Gasteiger partial charge in [0.2, 0.25) is 5.91 Å². The molecule has 1 rings (SSSR count). The van der Waals surface area contributed by atoms with Crippen LogP contribution in [0.1, 0.15) is 30.0 Å². The molecule has 100 valence electrons. The Kier molecular flexibility index (Phi) is 5.86. The molecule has 0 aliphatic heterocycles. The molecule has 0 aliphatic rings. The predicted molar refractivity (Wildman–Crippen MR) is 73.5 cm³/mol. The maximum Gasteiger partial charge on any atom is 0.224 e. The van der Waals surface area contributed by atoms with E-state index in [0.717, 1.165) is 17.5 Å². The monoisotopic (exact) mass is 249 g/mol. The van der Waals surface area contributed by atoms with Gasteiger partial charge in [-0.05, 0) is 37.3 Å². The molecule has 0 fully saturated rings. The Hall–Kier alpha value is -1.35. The molecule has 0 heterocycles. The number of carbonyl (C=O) groups excluding carboxylic acids is 1. The summed E-state index contributed by atoms with van der Waals surface area (Å²) >= 11 is 0. The largest absolute Gasteiger partial charge is 0.396 e. The summed E-state index contributed by atoms with van der Waals surface area (Å²) in [5.74, 6) is 0.367. The summed E-state index contributed by atoms with van der Waals surface area (Å²) in [6.07, 6.45) is 1.16. The summed E-state index contributed by atoms with van der Waals surface area (Å²) in [6.45, 7) is 6.88. The van der Waals surface area contributed by atoms with E-state index in [9.17, 15) is 4.79 Å². The first-order chi connectivity index (χ1) is 8.52. The van der Waals surface area contributed by atoms with Crippen LogP contribution in [0.3, 0.4) is 0 Å². The lowest BCUT2D eigenvalue weighted by Gasteiger charge is -2.12. The number of aliphatic hydroxyl groups excluding tert-OH is 1. The van der Waals surface area contributed by atoms with Crippen LogP contribution in [0.25, 0.3) is 0 Å². The third kappa shape index (κ3) is 4.88. The molecule has 0 aromatic heterocycles. The highest BCUT2D eigenvalue weighted by Crippen LogP contribution is 2.11. The van der Waals surface area contributed by atoms with Gasteiger partial charge in [-0.2, -0.15) is 0 Å². The van der Waals surface area contributed by atoms with Crippen LogP contribution in [-0.2, 0) is 11.2 Å². The Labute approximate surface area is 109 Å². The van der Waals surface area contributed by atoms with Crippen LogP contribution in [0.2, 0.25) is 0 Å². The molecule has 0 bridgehead atoms. The van der Waals surface area contributed by atoms with E-state index < -0.39 is 0 Å². The van der Waals surface area contributed by atoms with Gasteiger partial charge < -0.3 is 10.4 Å². The predicted octanol–water partition coefficient (Wildman–Crippen LogP) is 1.98. The summed E-state index contributed by atoms with van der Waals surface area (Å²) in [7, 11) is 0. The first-order valence-corrected chi connectivity index (χ1v) is 6.46. The van der Waals surface area contributed by atoms with E-state index >= 15 is 0 Å². The van der Waals surface area contributed by atoms with E-state index in [1.165, 1.54) is 5.56 Å². The fourth-order valence-electron chi connectivity index (χ4n) is 1.84. The second kappa shape index (κ2) is 7.17. The Balaban J connectivity index is 2.47. The summed E-state index contributed by atoms with van der Waals surface area (Å²) in [4.78, 5) is 11.8. The number of nitrogens with one attached hydrogen (secondary N) is 1. The summed E-state index contributed by atoms with van der Waals surface area (Å²) < 4.78 is 0. The first kappa shape index (κ1) is 14.7. The van der Waals surface area contributed by atoms with Crippen molar-refractivity contribution in [1.29, 1.82) is 0 Å². The standard InChI is InChI=1S/C15H23NO2/c1-11-4-5-13(3)14(8-11)9-15(18)16-10-12(2)6-7-17/h4-5,8,12,17H,6-7,9-10H2,1-3H3,(H,16,18). The second-order valence-electron chi connectivity index (χ2n) is 5.03. The summed E-state index contributed by atoms with van der Waals surface area (Å²) in [5.41, 5.74) is 3.42. The molecular weight excluding hydrogens is 226 g/mol. The molecule has 1 aromatic carbocycles. The maximum atomic E-state index is 11.8. The fourth-order valence-corrected chi connectivity index (χ4v) is 1.84. The molecule has 3 heteroatoms. The minimum atomic E-state index is 0.0495. The van der Waals surface area contributed by atoms with Gasteiger partial charge in [-0.15, -0.1) is 0 Å². The van der Waals surface area contributed by atoms with Gasteiger partial charge in [0.05, 0.1) is 6.42 Å². The summed E-state index contributed by atoms with van der Waals surface area (Å²) in [6, 6.07) is 6.17. The molecule has 0 saturated carbocycles. The normalized spacial score (nSPS) is 12.2. The Bertz CT molecular complexity index is 401. The Morgan fingerprint density at radius 1 is 1.39 bits per heavy atom. The van der Waals surface area contributed by atoms with E-state index in [1.807, 2.05) is 26.8 Å². The SMILES string of the molecule is Cc1ccc(C)c(CC(=O)NCC(C)CCO)c1. The van der Waals surface area contributed by atoms with Gasteiger partial charge in [0.15, 0.2) is 0 Å². The molecule has 0 aliphatic carbocycles. The number of benzene rings is 1. The molecule has 1 atom stereocenters. The van der Waals surface area contributed by atoms with Gasteiger partial charge >= 0.3 is 0 Å². The van der Waals surface area contributed by atoms with Crippen molar-refractivity contribution in [2.75, 3.05) is 13.2 Å². The molecule has 1 amide bonds. The molecule has 1 unspecified atom stereocenters. The zero-order valence-electron chi connectivity index (χ0n) is 11.5. The van der Waals surface area contributed by atoms with Gasteiger partial charge in [0, 0.05) is 13.2 Å². The van der Waals surface area contributed by atoms with Crippen LogP contribution in [0, 0.1) is 19.8 Å². The smallest absolute Gasteiger partial charge is 0.224 e. The molecule has 1 aromatic rings. The number of rotatable bonds is 6. The minimum Gasteiger partial charge on any atom is -0.396 e. The van der Waals surface area contributed by atoms with E-state index in [1.54, 1.807) is 0 Å². The zero-order valence-corrected chi connectivity index (χ0v) is 11.5.